The van der Waals surface area contributed by atoms with E-state index in [1.807, 2.05) is 50.6 Å². The lowest BCUT2D eigenvalue weighted by Gasteiger charge is -2.22. The van der Waals surface area contributed by atoms with Crippen LogP contribution in [0.3, 0.4) is 0 Å². The van der Waals surface area contributed by atoms with E-state index in [1.54, 1.807) is 18.2 Å². The maximum Gasteiger partial charge on any atom is 0.269 e. The lowest BCUT2D eigenvalue weighted by atomic mass is 10.0. The number of nitrogens with one attached hydrogen (secondary N) is 1. The fourth-order valence-electron chi connectivity index (χ4n) is 3.12. The van der Waals surface area contributed by atoms with Crippen LogP contribution in [-0.2, 0) is 12.8 Å². The number of aryl methyl sites for hydroxylation is 1. The third-order valence-corrected chi connectivity index (χ3v) is 5.99. The first kappa shape index (κ1) is 22.5. The third kappa shape index (κ3) is 5.49. The molecule has 1 N–H and O–H groups in total. The molecule has 3 aromatic rings. The summed E-state index contributed by atoms with van der Waals surface area (Å²) in [6, 6.07) is 13.6. The van der Waals surface area contributed by atoms with Gasteiger partial charge in [-0.3, -0.25) is 14.9 Å². The van der Waals surface area contributed by atoms with Crippen molar-refractivity contribution in [3.63, 3.8) is 0 Å². The van der Waals surface area contributed by atoms with Crippen LogP contribution in [0.1, 0.15) is 47.2 Å². The molecule has 0 radical (unpaired) electrons. The minimum atomic E-state index is -0.414. The van der Waals surface area contributed by atoms with Crippen LogP contribution in [0.15, 0.2) is 53.7 Å². The van der Waals surface area contributed by atoms with E-state index in [-0.39, 0.29) is 23.6 Å². The molecule has 0 saturated carbocycles. The zero-order valence-electron chi connectivity index (χ0n) is 17.9. The molecular formula is C22H25N5O3S. The van der Waals surface area contributed by atoms with Crippen LogP contribution in [0.25, 0.3) is 0 Å². The molecule has 1 amide bonds. The fraction of sp³-hybridized carbons (Fsp3) is 0.318. The molecule has 1 atom stereocenters. The zero-order chi connectivity index (χ0) is 22.5. The van der Waals surface area contributed by atoms with Gasteiger partial charge in [-0.25, -0.2) is 0 Å². The van der Waals surface area contributed by atoms with Crippen LogP contribution in [-0.4, -0.2) is 25.6 Å². The largest absolute Gasteiger partial charge is 0.342 e. The Bertz CT molecular complexity index is 1080. The van der Waals surface area contributed by atoms with Crippen LogP contribution in [0.4, 0.5) is 5.69 Å². The van der Waals surface area contributed by atoms with Crippen molar-refractivity contribution in [1.82, 2.24) is 20.1 Å². The number of non-ortho nitro benzene ring substituents is 1. The van der Waals surface area contributed by atoms with Gasteiger partial charge >= 0.3 is 0 Å². The van der Waals surface area contributed by atoms with Crippen LogP contribution < -0.4 is 5.32 Å². The first-order valence-corrected chi connectivity index (χ1v) is 10.9. The predicted molar refractivity (Wildman–Crippen MR) is 120 cm³/mol. The van der Waals surface area contributed by atoms with Crippen molar-refractivity contribution in [2.24, 2.45) is 13.0 Å². The van der Waals surface area contributed by atoms with E-state index in [4.69, 9.17) is 0 Å². The minimum Gasteiger partial charge on any atom is -0.342 e. The number of nitro groups is 1. The average molecular weight is 440 g/mol. The topological polar surface area (TPSA) is 103 Å². The van der Waals surface area contributed by atoms with E-state index in [0.717, 1.165) is 11.1 Å². The van der Waals surface area contributed by atoms with Gasteiger partial charge in [0.25, 0.3) is 11.6 Å². The minimum absolute atomic E-state index is 0.0684. The molecule has 162 valence electrons. The molecule has 0 saturated heterocycles. The summed E-state index contributed by atoms with van der Waals surface area (Å²) in [7, 11) is 1.88. The molecule has 0 aliphatic rings. The number of benzene rings is 2. The lowest BCUT2D eigenvalue weighted by molar-refractivity contribution is -0.384. The summed E-state index contributed by atoms with van der Waals surface area (Å²) in [4.78, 5) is 23.1. The number of thioether (sulfide) groups is 1. The van der Waals surface area contributed by atoms with Gasteiger partial charge in [0.2, 0.25) is 0 Å². The molecule has 3 rings (SSSR count). The van der Waals surface area contributed by atoms with E-state index in [1.165, 1.54) is 23.9 Å². The van der Waals surface area contributed by atoms with Crippen LogP contribution in [0.5, 0.6) is 0 Å². The molecule has 0 aliphatic carbocycles. The number of hydrogen-bond donors (Lipinski definition) is 1. The molecule has 0 fully saturated rings. The predicted octanol–water partition coefficient (Wildman–Crippen LogP) is 4.45. The van der Waals surface area contributed by atoms with E-state index in [0.29, 0.717) is 22.3 Å². The van der Waals surface area contributed by atoms with Crippen molar-refractivity contribution in [3.8, 4) is 0 Å². The fourth-order valence-corrected chi connectivity index (χ4v) is 4.00. The summed E-state index contributed by atoms with van der Waals surface area (Å²) in [6.45, 7) is 6.01. The number of amides is 1. The van der Waals surface area contributed by atoms with Crippen molar-refractivity contribution < 1.29 is 9.72 Å². The Morgan fingerprint density at radius 2 is 1.90 bits per heavy atom. The summed E-state index contributed by atoms with van der Waals surface area (Å²) in [5.74, 6) is 1.25. The van der Waals surface area contributed by atoms with Crippen LogP contribution in [0.2, 0.25) is 0 Å². The number of nitrogens with zero attached hydrogens (tertiary/aromatic N) is 4. The smallest absolute Gasteiger partial charge is 0.269 e. The molecule has 0 unspecified atom stereocenters. The summed E-state index contributed by atoms with van der Waals surface area (Å²) in [5.41, 5.74) is 2.66. The van der Waals surface area contributed by atoms with E-state index in [9.17, 15) is 14.9 Å². The van der Waals surface area contributed by atoms with E-state index < -0.39 is 4.92 Å². The quantitative estimate of drug-likeness (QED) is 0.316. The molecule has 1 heterocycles. The first-order valence-electron chi connectivity index (χ1n) is 9.89. The SMILES string of the molecule is Cc1cccc(C(=O)N[C@H](c2nnc(SCc3ccc([N+](=O)[O-])cc3)n2C)C(C)C)c1. The molecule has 31 heavy (non-hydrogen) atoms. The molecule has 1 aromatic heterocycles. The summed E-state index contributed by atoms with van der Waals surface area (Å²) in [5, 5.41) is 23.2. The molecule has 0 aliphatic heterocycles. The first-order chi connectivity index (χ1) is 14.8. The van der Waals surface area contributed by atoms with E-state index in [2.05, 4.69) is 15.5 Å². The van der Waals surface area contributed by atoms with Crippen LogP contribution >= 0.6 is 11.8 Å². The Kier molecular flexibility index (Phi) is 7.06. The van der Waals surface area contributed by atoms with Gasteiger partial charge < -0.3 is 9.88 Å². The summed E-state index contributed by atoms with van der Waals surface area (Å²) in [6.07, 6.45) is 0. The molecule has 9 heteroatoms. The monoisotopic (exact) mass is 439 g/mol. The second-order valence-electron chi connectivity index (χ2n) is 7.68. The van der Waals surface area contributed by atoms with Gasteiger partial charge in [0.1, 0.15) is 0 Å². The van der Waals surface area contributed by atoms with Crippen LogP contribution in [0, 0.1) is 23.0 Å². The highest BCUT2D eigenvalue weighted by molar-refractivity contribution is 7.98. The number of rotatable bonds is 8. The lowest BCUT2D eigenvalue weighted by Crippen LogP contribution is -2.33. The van der Waals surface area contributed by atoms with Gasteiger partial charge in [0.15, 0.2) is 11.0 Å². The van der Waals surface area contributed by atoms with Gasteiger partial charge in [-0.1, -0.05) is 55.4 Å². The van der Waals surface area contributed by atoms with Crippen molar-refractivity contribution >= 4 is 23.4 Å². The maximum absolute atomic E-state index is 12.8. The molecule has 8 nitrogen and oxygen atoms in total. The number of carbonyl (C=O) groups is 1. The Balaban J connectivity index is 1.72. The highest BCUT2D eigenvalue weighted by Gasteiger charge is 2.25. The standard InChI is InChI=1S/C22H25N5O3S/c1-14(2)19(23-21(28)17-7-5-6-15(3)12-17)20-24-25-22(26(20)4)31-13-16-8-10-18(11-9-16)27(29)30/h5-12,14,19H,13H2,1-4H3,(H,23,28)/t19-/m0/s1. The number of nitro benzene ring substituents is 1. The average Bonchev–Trinajstić information content (AvgIpc) is 3.10. The Morgan fingerprint density at radius 1 is 1.19 bits per heavy atom. The Morgan fingerprint density at radius 3 is 2.52 bits per heavy atom. The van der Waals surface area contributed by atoms with Gasteiger partial charge in [-0.05, 0) is 30.5 Å². The Hall–Kier alpha value is -3.20. The maximum atomic E-state index is 12.8. The summed E-state index contributed by atoms with van der Waals surface area (Å²) >= 11 is 1.49. The second-order valence-corrected chi connectivity index (χ2v) is 8.62. The molecule has 0 spiro atoms. The van der Waals surface area contributed by atoms with Gasteiger partial charge in [-0.15, -0.1) is 10.2 Å². The van der Waals surface area contributed by atoms with Crippen molar-refractivity contribution in [2.45, 2.75) is 37.7 Å². The number of aromatic nitrogens is 3. The normalized spacial score (nSPS) is 12.0. The molecule has 0 bridgehead atoms. The van der Waals surface area contributed by atoms with Gasteiger partial charge in [0, 0.05) is 30.5 Å². The number of carbonyl (C=O) groups excluding carboxylic acids is 1. The zero-order valence-corrected chi connectivity index (χ0v) is 18.7. The van der Waals surface area contributed by atoms with E-state index >= 15 is 0 Å². The highest BCUT2D eigenvalue weighted by Crippen LogP contribution is 2.27. The summed E-state index contributed by atoms with van der Waals surface area (Å²) < 4.78 is 1.89. The van der Waals surface area contributed by atoms with Crippen molar-refractivity contribution in [3.05, 3.63) is 81.2 Å². The second kappa shape index (κ2) is 9.74. The third-order valence-electron chi connectivity index (χ3n) is 4.90. The van der Waals surface area contributed by atoms with Crippen molar-refractivity contribution in [2.75, 3.05) is 0 Å². The van der Waals surface area contributed by atoms with Crippen molar-refractivity contribution in [1.29, 1.82) is 0 Å². The van der Waals surface area contributed by atoms with Gasteiger partial charge in [0.05, 0.1) is 11.0 Å². The highest BCUT2D eigenvalue weighted by atomic mass is 32.2. The molecule has 2 aromatic carbocycles. The Labute approximate surface area is 185 Å². The molecular weight excluding hydrogens is 414 g/mol. The number of hydrogen-bond acceptors (Lipinski definition) is 6. The van der Waals surface area contributed by atoms with Gasteiger partial charge in [-0.2, -0.15) is 0 Å².